The summed E-state index contributed by atoms with van der Waals surface area (Å²) >= 11 is 0. The van der Waals surface area contributed by atoms with Crippen molar-refractivity contribution in [2.75, 3.05) is 13.1 Å². The maximum atomic E-state index is 12.1. The van der Waals surface area contributed by atoms with E-state index in [0.717, 1.165) is 12.2 Å². The van der Waals surface area contributed by atoms with Crippen molar-refractivity contribution in [2.24, 2.45) is 5.73 Å². The van der Waals surface area contributed by atoms with Crippen LogP contribution >= 0.6 is 0 Å². The molecule has 10 heteroatoms. The molecule has 0 bridgehead atoms. The molecule has 2 aromatic heterocycles. The number of nitrogens with two attached hydrogens (primary N) is 1. The van der Waals surface area contributed by atoms with Crippen LogP contribution in [0.15, 0.2) is 23.6 Å². The summed E-state index contributed by atoms with van der Waals surface area (Å²) in [5.41, 5.74) is 5.41. The number of sulfonamides is 1. The van der Waals surface area contributed by atoms with Gasteiger partial charge in [-0.25, -0.2) is 18.1 Å². The van der Waals surface area contributed by atoms with Gasteiger partial charge in [0.05, 0.1) is 6.20 Å². The summed E-state index contributed by atoms with van der Waals surface area (Å²) in [4.78, 5) is 4.14. The Hall–Kier alpha value is -1.78. The number of hydrogen-bond acceptors (Lipinski definition) is 6. The number of hydrogen-bond donors (Lipinski definition) is 3. The van der Waals surface area contributed by atoms with Crippen LogP contribution in [0.3, 0.4) is 0 Å². The van der Waals surface area contributed by atoms with Crippen LogP contribution < -0.4 is 10.5 Å². The molecule has 21 heavy (non-hydrogen) atoms. The Kier molecular flexibility index (Phi) is 5.42. The van der Waals surface area contributed by atoms with Gasteiger partial charge in [0.25, 0.3) is 0 Å². The second-order valence-electron chi connectivity index (χ2n) is 4.51. The minimum absolute atomic E-state index is 0.166. The molecular formula is C11H19N7O2S. The zero-order valence-electron chi connectivity index (χ0n) is 11.6. The van der Waals surface area contributed by atoms with Crippen LogP contribution in [-0.4, -0.2) is 46.5 Å². The van der Waals surface area contributed by atoms with Crippen molar-refractivity contribution in [1.29, 1.82) is 0 Å². The molecule has 0 atom stereocenters. The highest BCUT2D eigenvalue weighted by Crippen LogP contribution is 2.07. The van der Waals surface area contributed by atoms with Gasteiger partial charge in [0.15, 0.2) is 0 Å². The van der Waals surface area contributed by atoms with Gasteiger partial charge >= 0.3 is 0 Å². The van der Waals surface area contributed by atoms with E-state index >= 15 is 0 Å². The van der Waals surface area contributed by atoms with Gasteiger partial charge in [-0.1, -0.05) is 0 Å². The number of rotatable bonds is 9. The zero-order chi connectivity index (χ0) is 15.1. The third kappa shape index (κ3) is 4.62. The van der Waals surface area contributed by atoms with Crippen LogP contribution in [-0.2, 0) is 23.0 Å². The second-order valence-corrected chi connectivity index (χ2v) is 6.28. The molecule has 0 aliphatic rings. The summed E-state index contributed by atoms with van der Waals surface area (Å²) in [5.74, 6) is 0.740. The highest BCUT2D eigenvalue weighted by Gasteiger charge is 2.15. The van der Waals surface area contributed by atoms with E-state index in [0.29, 0.717) is 32.5 Å². The lowest BCUT2D eigenvalue weighted by molar-refractivity contribution is 0.574. The van der Waals surface area contributed by atoms with E-state index in [9.17, 15) is 8.42 Å². The molecule has 0 aliphatic carbocycles. The molecule has 0 radical (unpaired) electrons. The molecule has 2 aromatic rings. The van der Waals surface area contributed by atoms with E-state index in [1.807, 2.05) is 0 Å². The lowest BCUT2D eigenvalue weighted by atomic mass is 10.3. The van der Waals surface area contributed by atoms with Gasteiger partial charge in [0, 0.05) is 25.7 Å². The standard InChI is InChI=1S/C11H19N7O2S/c12-4-2-6-18-8-10(7-15-18)21(19,20)16-5-1-3-11-13-9-14-17-11/h7-9,16H,1-6,12H2,(H,13,14,17). The van der Waals surface area contributed by atoms with Crippen LogP contribution in [0.1, 0.15) is 18.7 Å². The van der Waals surface area contributed by atoms with E-state index in [4.69, 9.17) is 5.73 Å². The van der Waals surface area contributed by atoms with Gasteiger partial charge in [-0.3, -0.25) is 9.78 Å². The molecule has 0 unspecified atom stereocenters. The van der Waals surface area contributed by atoms with Crippen LogP contribution in [0.5, 0.6) is 0 Å². The predicted molar refractivity (Wildman–Crippen MR) is 75.8 cm³/mol. The van der Waals surface area contributed by atoms with E-state index in [1.54, 1.807) is 4.68 Å². The molecule has 0 spiro atoms. The summed E-state index contributed by atoms with van der Waals surface area (Å²) in [7, 11) is -3.52. The molecule has 0 fully saturated rings. The lowest BCUT2D eigenvalue weighted by Gasteiger charge is -2.03. The Balaban J connectivity index is 1.82. The van der Waals surface area contributed by atoms with Gasteiger partial charge in [-0.05, 0) is 19.4 Å². The number of nitrogens with zero attached hydrogens (tertiary/aromatic N) is 4. The molecule has 116 valence electrons. The first-order valence-corrected chi connectivity index (χ1v) is 8.16. The smallest absolute Gasteiger partial charge is 0.243 e. The third-order valence-electron chi connectivity index (χ3n) is 2.86. The number of nitrogens with one attached hydrogen (secondary N) is 2. The van der Waals surface area contributed by atoms with Crippen molar-refractivity contribution in [1.82, 2.24) is 29.7 Å². The van der Waals surface area contributed by atoms with E-state index in [1.165, 1.54) is 18.7 Å². The third-order valence-corrected chi connectivity index (χ3v) is 4.27. The molecule has 0 amide bonds. The maximum absolute atomic E-state index is 12.1. The molecule has 2 heterocycles. The van der Waals surface area contributed by atoms with Gasteiger partial charge in [0.1, 0.15) is 17.0 Å². The monoisotopic (exact) mass is 313 g/mol. The Bertz CT molecular complexity index is 635. The number of aromatic nitrogens is 5. The fraction of sp³-hybridized carbons (Fsp3) is 0.545. The summed E-state index contributed by atoms with van der Waals surface area (Å²) < 4.78 is 28.2. The molecule has 0 saturated heterocycles. The first-order chi connectivity index (χ1) is 10.1. The van der Waals surface area contributed by atoms with E-state index < -0.39 is 10.0 Å². The summed E-state index contributed by atoms with van der Waals surface area (Å²) in [5, 5.41) is 10.5. The van der Waals surface area contributed by atoms with Crippen LogP contribution in [0.4, 0.5) is 0 Å². The summed E-state index contributed by atoms with van der Waals surface area (Å²) in [6.45, 7) is 1.48. The topological polar surface area (TPSA) is 132 Å². The molecule has 2 rings (SSSR count). The lowest BCUT2D eigenvalue weighted by Crippen LogP contribution is -2.25. The molecule has 9 nitrogen and oxygen atoms in total. The Morgan fingerprint density at radius 3 is 2.95 bits per heavy atom. The van der Waals surface area contributed by atoms with Crippen molar-refractivity contribution in [2.45, 2.75) is 30.7 Å². The number of aromatic amines is 1. The number of H-pyrrole nitrogens is 1. The molecule has 0 aromatic carbocycles. The first-order valence-electron chi connectivity index (χ1n) is 6.68. The van der Waals surface area contributed by atoms with Gasteiger partial charge in [-0.15, -0.1) is 0 Å². The highest BCUT2D eigenvalue weighted by atomic mass is 32.2. The van der Waals surface area contributed by atoms with Crippen molar-refractivity contribution in [3.05, 3.63) is 24.5 Å². The Morgan fingerprint density at radius 1 is 1.38 bits per heavy atom. The Morgan fingerprint density at radius 2 is 2.24 bits per heavy atom. The second kappa shape index (κ2) is 7.29. The van der Waals surface area contributed by atoms with E-state index in [-0.39, 0.29) is 4.90 Å². The Labute approximate surface area is 123 Å². The molecule has 0 aliphatic heterocycles. The molecular weight excluding hydrogens is 294 g/mol. The van der Waals surface area contributed by atoms with Crippen LogP contribution in [0, 0.1) is 0 Å². The van der Waals surface area contributed by atoms with Gasteiger partial charge in [0.2, 0.25) is 10.0 Å². The van der Waals surface area contributed by atoms with Crippen LogP contribution in [0.25, 0.3) is 0 Å². The predicted octanol–water partition coefficient (Wildman–Crippen LogP) is -0.739. The van der Waals surface area contributed by atoms with Crippen LogP contribution in [0.2, 0.25) is 0 Å². The normalized spacial score (nSPS) is 11.9. The largest absolute Gasteiger partial charge is 0.330 e. The summed E-state index contributed by atoms with van der Waals surface area (Å²) in [6, 6.07) is 0. The number of aryl methyl sites for hydroxylation is 2. The van der Waals surface area contributed by atoms with Gasteiger partial charge < -0.3 is 5.73 Å². The minimum atomic E-state index is -3.52. The molecule has 4 N–H and O–H groups in total. The fourth-order valence-corrected chi connectivity index (χ4v) is 2.78. The van der Waals surface area contributed by atoms with Crippen molar-refractivity contribution < 1.29 is 8.42 Å². The summed E-state index contributed by atoms with van der Waals surface area (Å²) in [6.07, 6.45) is 6.30. The van der Waals surface area contributed by atoms with Crippen molar-refractivity contribution in [3.63, 3.8) is 0 Å². The maximum Gasteiger partial charge on any atom is 0.243 e. The van der Waals surface area contributed by atoms with Crippen molar-refractivity contribution >= 4 is 10.0 Å². The highest BCUT2D eigenvalue weighted by molar-refractivity contribution is 7.89. The fourth-order valence-electron chi connectivity index (χ4n) is 1.76. The minimum Gasteiger partial charge on any atom is -0.330 e. The first kappa shape index (κ1) is 15.6. The van der Waals surface area contributed by atoms with Crippen molar-refractivity contribution in [3.8, 4) is 0 Å². The quantitative estimate of drug-likeness (QED) is 0.522. The average Bonchev–Trinajstić information content (AvgIpc) is 3.13. The zero-order valence-corrected chi connectivity index (χ0v) is 12.4. The SMILES string of the molecule is NCCCn1cc(S(=O)(=O)NCCCc2ncn[nH]2)cn1. The van der Waals surface area contributed by atoms with E-state index in [2.05, 4.69) is 25.0 Å². The average molecular weight is 313 g/mol. The molecule has 0 saturated carbocycles. The van der Waals surface area contributed by atoms with Gasteiger partial charge in [-0.2, -0.15) is 10.2 Å².